The number of carbonyl (C=O) groups is 6. The fraction of sp³-hybridized carbons (Fsp3) is 0.889. The minimum atomic E-state index is -0.595. The third-order valence-corrected chi connectivity index (χ3v) is 14.1. The van der Waals surface area contributed by atoms with Crippen molar-refractivity contribution in [3.8, 4) is 0 Å². The van der Waals surface area contributed by atoms with E-state index in [1.54, 1.807) is 19.6 Å². The molecule has 0 aliphatic rings. The van der Waals surface area contributed by atoms with Crippen molar-refractivity contribution < 1.29 is 28.8 Å². The van der Waals surface area contributed by atoms with Gasteiger partial charge in [-0.15, -0.1) is 0 Å². The molecule has 5 unspecified atom stereocenters. The third kappa shape index (κ3) is 28.4. The Bertz CT molecular complexity index is 1370. The summed E-state index contributed by atoms with van der Waals surface area (Å²) in [5.74, 6) is -1.12. The predicted molar refractivity (Wildman–Crippen MR) is 281 cm³/mol. The third-order valence-electron chi connectivity index (χ3n) is 14.1. The zero-order chi connectivity index (χ0) is 51.3. The first-order chi connectivity index (χ1) is 32.6. The summed E-state index contributed by atoms with van der Waals surface area (Å²) in [5.41, 5.74) is 11.4. The number of unbranched alkanes of at least 4 members (excludes halogenated alkanes) is 5. The van der Waals surface area contributed by atoms with Gasteiger partial charge in [0.25, 0.3) is 0 Å². The van der Waals surface area contributed by atoms with E-state index in [9.17, 15) is 24.0 Å². The standard InChI is InChI=1S/C54H106N8O6/c1-11-21-26-44(16-6)34-58(39-49(56)63)51(65)41-60(36-46(18-8)28-23-13-3)53(67)43-62(38-48(20-10)30-25-15-5)54(68)42-61(37-47(19-9)29-24-14-4)52(66)40-59(50(64)33-57-32-31-55)35-45(17-7)27-22-12-2/h44-48,57H,11-43,55H2,1-10H3,(H2,56,63). The summed E-state index contributed by atoms with van der Waals surface area (Å²) >= 11 is 0. The molecule has 68 heavy (non-hydrogen) atoms. The average Bonchev–Trinajstić information content (AvgIpc) is 3.33. The molecule has 14 nitrogen and oxygen atoms in total. The fourth-order valence-electron chi connectivity index (χ4n) is 9.07. The summed E-state index contributed by atoms with van der Waals surface area (Å²) in [6, 6.07) is 0. The van der Waals surface area contributed by atoms with Crippen molar-refractivity contribution >= 4 is 35.4 Å². The molecular weight excluding hydrogens is 857 g/mol. The van der Waals surface area contributed by atoms with E-state index < -0.39 is 5.91 Å². The van der Waals surface area contributed by atoms with Gasteiger partial charge in [-0.3, -0.25) is 28.8 Å². The fourth-order valence-corrected chi connectivity index (χ4v) is 9.07. The molecule has 0 radical (unpaired) electrons. The highest BCUT2D eigenvalue weighted by Crippen LogP contribution is 2.21. The van der Waals surface area contributed by atoms with Crippen molar-refractivity contribution in [1.82, 2.24) is 29.8 Å². The van der Waals surface area contributed by atoms with Crippen LogP contribution in [0.25, 0.3) is 0 Å². The Morgan fingerprint density at radius 1 is 0.382 bits per heavy atom. The molecule has 0 saturated carbocycles. The number of nitrogens with two attached hydrogens (primary N) is 2. The van der Waals surface area contributed by atoms with Crippen LogP contribution in [0.3, 0.4) is 0 Å². The van der Waals surface area contributed by atoms with Crippen molar-refractivity contribution in [2.45, 2.75) is 198 Å². The van der Waals surface area contributed by atoms with Crippen molar-refractivity contribution in [2.75, 3.05) is 85.1 Å². The molecule has 0 aromatic carbocycles. The minimum absolute atomic E-state index is 0.0719. The lowest BCUT2D eigenvalue weighted by molar-refractivity contribution is -0.148. The second-order valence-electron chi connectivity index (χ2n) is 19.9. The predicted octanol–water partition coefficient (Wildman–Crippen LogP) is 8.25. The van der Waals surface area contributed by atoms with Gasteiger partial charge in [0.15, 0.2) is 0 Å². The Balaban J connectivity index is 7.29. The molecule has 0 saturated heterocycles. The second kappa shape index (κ2) is 40.5. The van der Waals surface area contributed by atoms with Gasteiger partial charge in [-0.1, -0.05) is 166 Å². The van der Waals surface area contributed by atoms with Crippen LogP contribution in [0, 0.1) is 29.6 Å². The van der Waals surface area contributed by atoms with Gasteiger partial charge in [-0.05, 0) is 61.7 Å². The molecule has 0 bridgehead atoms. The van der Waals surface area contributed by atoms with Crippen molar-refractivity contribution in [1.29, 1.82) is 0 Å². The van der Waals surface area contributed by atoms with Crippen LogP contribution in [0.4, 0.5) is 0 Å². The number of nitrogens with zero attached hydrogens (tertiary/aromatic N) is 5. The smallest absolute Gasteiger partial charge is 0.242 e. The van der Waals surface area contributed by atoms with E-state index in [1.165, 1.54) is 4.90 Å². The van der Waals surface area contributed by atoms with E-state index in [0.29, 0.717) is 45.8 Å². The number of nitrogens with one attached hydrogen (secondary N) is 1. The SMILES string of the molecule is CCCCC(CC)CN(CC(N)=O)C(=O)CN(CC(CC)CCCC)C(=O)CN(CC(CC)CCCC)C(=O)CN(CC(CC)CCCC)C(=O)CN(CC(CC)CCCC)C(=O)CNCCN. The Kier molecular flexibility index (Phi) is 38.5. The molecular formula is C54H106N8O6. The van der Waals surface area contributed by atoms with Gasteiger partial charge in [0.1, 0.15) is 0 Å². The van der Waals surface area contributed by atoms with E-state index in [4.69, 9.17) is 11.5 Å². The largest absolute Gasteiger partial charge is 0.368 e. The van der Waals surface area contributed by atoms with Crippen molar-refractivity contribution in [3.05, 3.63) is 0 Å². The summed E-state index contributed by atoms with van der Waals surface area (Å²) in [6.45, 7) is 23.1. The highest BCUT2D eigenvalue weighted by molar-refractivity contribution is 5.92. The van der Waals surface area contributed by atoms with Crippen LogP contribution in [-0.2, 0) is 28.8 Å². The van der Waals surface area contributed by atoms with E-state index in [1.807, 2.05) is 0 Å². The number of primary amides is 1. The molecule has 6 amide bonds. The van der Waals surface area contributed by atoms with Crippen LogP contribution in [-0.4, -0.2) is 145 Å². The number of amides is 6. The molecule has 14 heteroatoms. The van der Waals surface area contributed by atoms with Crippen LogP contribution in [0.15, 0.2) is 0 Å². The van der Waals surface area contributed by atoms with Gasteiger partial charge in [0.05, 0.1) is 39.3 Å². The average molecular weight is 963 g/mol. The minimum Gasteiger partial charge on any atom is -0.368 e. The van der Waals surface area contributed by atoms with Crippen LogP contribution >= 0.6 is 0 Å². The number of carbonyl (C=O) groups excluding carboxylic acids is 6. The maximum atomic E-state index is 15.0. The van der Waals surface area contributed by atoms with Crippen LogP contribution < -0.4 is 16.8 Å². The molecule has 0 heterocycles. The van der Waals surface area contributed by atoms with Crippen molar-refractivity contribution in [2.24, 2.45) is 41.1 Å². The number of hydrogen-bond donors (Lipinski definition) is 3. The summed E-state index contributed by atoms with van der Waals surface area (Å²) in [5, 5.41) is 3.12. The zero-order valence-electron chi connectivity index (χ0n) is 45.6. The first kappa shape index (κ1) is 64.7. The normalized spacial score (nSPS) is 13.6. The maximum absolute atomic E-state index is 15.0. The van der Waals surface area contributed by atoms with Gasteiger partial charge < -0.3 is 41.3 Å². The summed E-state index contributed by atoms with van der Waals surface area (Å²) in [7, 11) is 0. The molecule has 0 aliphatic heterocycles. The van der Waals surface area contributed by atoms with E-state index in [-0.39, 0.29) is 98.4 Å². The van der Waals surface area contributed by atoms with Gasteiger partial charge in [-0.25, -0.2) is 0 Å². The quantitative estimate of drug-likeness (QED) is 0.0511. The van der Waals surface area contributed by atoms with Crippen LogP contribution in [0.5, 0.6) is 0 Å². The molecule has 0 aliphatic carbocycles. The summed E-state index contributed by atoms with van der Waals surface area (Å²) in [6.07, 6.45) is 18.9. The summed E-state index contributed by atoms with van der Waals surface area (Å²) in [4.78, 5) is 93.2. The van der Waals surface area contributed by atoms with Gasteiger partial charge in [-0.2, -0.15) is 0 Å². The summed E-state index contributed by atoms with van der Waals surface area (Å²) < 4.78 is 0. The molecule has 0 rings (SSSR count). The first-order valence-corrected chi connectivity index (χ1v) is 27.7. The van der Waals surface area contributed by atoms with Gasteiger partial charge in [0.2, 0.25) is 35.4 Å². The van der Waals surface area contributed by atoms with E-state index in [0.717, 1.165) is 128 Å². The lowest BCUT2D eigenvalue weighted by Crippen LogP contribution is -2.53. The highest BCUT2D eigenvalue weighted by Gasteiger charge is 2.32. The monoisotopic (exact) mass is 963 g/mol. The Morgan fingerprint density at radius 3 is 0.824 bits per heavy atom. The number of rotatable bonds is 44. The molecule has 398 valence electrons. The topological polar surface area (TPSA) is 183 Å². The lowest BCUT2D eigenvalue weighted by Gasteiger charge is -2.35. The zero-order valence-corrected chi connectivity index (χ0v) is 45.6. The molecule has 0 fully saturated rings. The highest BCUT2D eigenvalue weighted by atomic mass is 16.2. The molecule has 5 N–H and O–H groups in total. The Morgan fingerprint density at radius 2 is 0.618 bits per heavy atom. The first-order valence-electron chi connectivity index (χ1n) is 27.7. The maximum Gasteiger partial charge on any atom is 0.242 e. The Labute approximate surface area is 416 Å². The van der Waals surface area contributed by atoms with E-state index >= 15 is 4.79 Å². The van der Waals surface area contributed by atoms with Crippen LogP contribution in [0.1, 0.15) is 198 Å². The molecule has 5 atom stereocenters. The van der Waals surface area contributed by atoms with Crippen molar-refractivity contribution in [3.63, 3.8) is 0 Å². The molecule has 0 spiro atoms. The lowest BCUT2D eigenvalue weighted by atomic mass is 9.97. The molecule has 0 aromatic rings. The van der Waals surface area contributed by atoms with Crippen LogP contribution in [0.2, 0.25) is 0 Å². The van der Waals surface area contributed by atoms with Gasteiger partial charge >= 0.3 is 0 Å². The second-order valence-corrected chi connectivity index (χ2v) is 19.9. The van der Waals surface area contributed by atoms with E-state index in [2.05, 4.69) is 74.6 Å². The number of hydrogen-bond acceptors (Lipinski definition) is 8. The Hall–Kier alpha value is -3.26. The van der Waals surface area contributed by atoms with Gasteiger partial charge in [0, 0.05) is 45.8 Å². The molecule has 0 aromatic heterocycles.